The molecule has 0 aliphatic heterocycles. The molecule has 4 nitrogen and oxygen atoms in total. The first-order chi connectivity index (χ1) is 9.20. The lowest BCUT2D eigenvalue weighted by Gasteiger charge is -2.18. The van der Waals surface area contributed by atoms with Gasteiger partial charge in [0, 0.05) is 32.0 Å². The van der Waals surface area contributed by atoms with Crippen LogP contribution in [0.2, 0.25) is 0 Å². The molecule has 0 bridgehead atoms. The van der Waals surface area contributed by atoms with Crippen molar-refractivity contribution >= 4 is 23.3 Å². The first-order valence-electron chi connectivity index (χ1n) is 7.05. The van der Waals surface area contributed by atoms with Crippen molar-refractivity contribution in [2.45, 2.75) is 52.0 Å². The number of rotatable bonds is 9. The number of aryl methyl sites for hydroxylation is 1. The number of amides is 1. The Kier molecular flexibility index (Phi) is 7.56. The van der Waals surface area contributed by atoms with Gasteiger partial charge in [0.2, 0.25) is 5.91 Å². The van der Waals surface area contributed by atoms with Gasteiger partial charge in [-0.25, -0.2) is 4.68 Å². The Morgan fingerprint density at radius 1 is 1.37 bits per heavy atom. The minimum absolute atomic E-state index is 0.157. The third-order valence-electron chi connectivity index (χ3n) is 3.16. The first-order valence-corrected chi connectivity index (χ1v) is 7.58. The molecule has 108 valence electrons. The predicted octanol–water partition coefficient (Wildman–Crippen LogP) is 3.45. The zero-order valence-corrected chi connectivity index (χ0v) is 12.7. The lowest BCUT2D eigenvalue weighted by atomic mass is 10.2. The highest BCUT2D eigenvalue weighted by Crippen LogP contribution is 2.15. The van der Waals surface area contributed by atoms with Gasteiger partial charge in [-0.3, -0.25) is 4.79 Å². The fourth-order valence-corrected chi connectivity index (χ4v) is 2.13. The van der Waals surface area contributed by atoms with Crippen molar-refractivity contribution in [3.63, 3.8) is 0 Å². The Balaban J connectivity index is 2.52. The van der Waals surface area contributed by atoms with Gasteiger partial charge in [-0.2, -0.15) is 5.10 Å². The van der Waals surface area contributed by atoms with Crippen LogP contribution in [0.5, 0.6) is 0 Å². The van der Waals surface area contributed by atoms with Gasteiger partial charge >= 0.3 is 0 Å². The highest BCUT2D eigenvalue weighted by molar-refractivity contribution is 6.17. The van der Waals surface area contributed by atoms with E-state index in [-0.39, 0.29) is 5.91 Å². The molecule has 0 saturated heterocycles. The number of unbranched alkanes of at least 4 members (excludes halogenated alkanes) is 3. The molecule has 1 amide bonds. The molecule has 0 fully saturated rings. The molecule has 5 heteroatoms. The summed E-state index contributed by atoms with van der Waals surface area (Å²) in [6.45, 7) is 2.93. The van der Waals surface area contributed by atoms with Crippen LogP contribution in [0.1, 0.15) is 45.4 Å². The lowest BCUT2D eigenvalue weighted by Crippen LogP contribution is -2.28. The van der Waals surface area contributed by atoms with E-state index in [0.29, 0.717) is 12.3 Å². The van der Waals surface area contributed by atoms with Crippen LogP contribution in [0.25, 0.3) is 0 Å². The van der Waals surface area contributed by atoms with Crippen molar-refractivity contribution in [2.24, 2.45) is 0 Å². The molecule has 0 atom stereocenters. The normalized spacial score (nSPS) is 10.7. The molecule has 19 heavy (non-hydrogen) atoms. The van der Waals surface area contributed by atoms with Crippen molar-refractivity contribution < 1.29 is 4.79 Å². The number of halogens is 1. The highest BCUT2D eigenvalue weighted by atomic mass is 35.5. The molecule has 0 N–H and O–H groups in total. The maximum atomic E-state index is 12.0. The topological polar surface area (TPSA) is 38.1 Å². The largest absolute Gasteiger partial charge is 0.300 e. The summed E-state index contributed by atoms with van der Waals surface area (Å²) < 4.78 is 1.90. The molecular weight excluding hydrogens is 262 g/mol. The van der Waals surface area contributed by atoms with Crippen molar-refractivity contribution in [1.82, 2.24) is 9.78 Å². The number of anilines is 1. The van der Waals surface area contributed by atoms with E-state index in [2.05, 4.69) is 12.0 Å². The Hall–Kier alpha value is -1.03. The summed E-state index contributed by atoms with van der Waals surface area (Å²) in [6.07, 6.45) is 7.49. The summed E-state index contributed by atoms with van der Waals surface area (Å²) >= 11 is 5.66. The smallest absolute Gasteiger partial charge is 0.227 e. The molecule has 0 aliphatic rings. The second-order valence-corrected chi connectivity index (χ2v) is 5.10. The zero-order valence-electron chi connectivity index (χ0n) is 11.9. The van der Waals surface area contributed by atoms with Crippen molar-refractivity contribution in [3.8, 4) is 0 Å². The van der Waals surface area contributed by atoms with Crippen LogP contribution in [-0.4, -0.2) is 28.6 Å². The van der Waals surface area contributed by atoms with Gasteiger partial charge in [0.15, 0.2) is 0 Å². The fraction of sp³-hybridized carbons (Fsp3) is 0.714. The molecule has 0 radical (unpaired) electrons. The molecule has 0 aliphatic carbocycles. The van der Waals surface area contributed by atoms with Gasteiger partial charge in [0.1, 0.15) is 5.82 Å². The first kappa shape index (κ1) is 16.0. The number of alkyl halides is 1. The van der Waals surface area contributed by atoms with E-state index in [1.807, 2.05) is 17.8 Å². The van der Waals surface area contributed by atoms with E-state index in [0.717, 1.165) is 44.5 Å². The number of aromatic nitrogens is 2. The van der Waals surface area contributed by atoms with E-state index in [9.17, 15) is 4.79 Å². The fourth-order valence-electron chi connectivity index (χ4n) is 1.94. The van der Waals surface area contributed by atoms with Gasteiger partial charge in [0.25, 0.3) is 0 Å². The Labute approximate surface area is 120 Å². The maximum absolute atomic E-state index is 12.0. The van der Waals surface area contributed by atoms with Gasteiger partial charge in [0.05, 0.1) is 6.20 Å². The molecule has 1 aromatic rings. The summed E-state index contributed by atoms with van der Waals surface area (Å²) in [6, 6.07) is 1.89. The molecule has 1 rings (SSSR count). The number of nitrogens with zero attached hydrogens (tertiary/aromatic N) is 3. The lowest BCUT2D eigenvalue weighted by molar-refractivity contribution is -0.118. The SMILES string of the molecule is CCCCC(=O)N(C)c1ccnn1CCCCCCl. The molecule has 0 spiro atoms. The standard InChI is InChI=1S/C14H24ClN3O/c1-3-4-8-14(19)17(2)13-9-11-16-18(13)12-7-5-6-10-15/h9,11H,3-8,10,12H2,1-2H3. The number of carbonyl (C=O) groups excluding carboxylic acids is 1. The van der Waals surface area contributed by atoms with Crippen LogP contribution >= 0.6 is 11.6 Å². The number of carbonyl (C=O) groups is 1. The van der Waals surface area contributed by atoms with E-state index >= 15 is 0 Å². The average molecular weight is 286 g/mol. The van der Waals surface area contributed by atoms with Crippen molar-refractivity contribution in [3.05, 3.63) is 12.3 Å². The van der Waals surface area contributed by atoms with Crippen LogP contribution in [0, 0.1) is 0 Å². The molecule has 1 aromatic heterocycles. The van der Waals surface area contributed by atoms with Crippen molar-refractivity contribution in [2.75, 3.05) is 17.8 Å². The second kappa shape index (κ2) is 8.97. The number of hydrogen-bond acceptors (Lipinski definition) is 2. The Morgan fingerprint density at radius 3 is 2.84 bits per heavy atom. The van der Waals surface area contributed by atoms with Crippen LogP contribution < -0.4 is 4.90 Å². The summed E-state index contributed by atoms with van der Waals surface area (Å²) in [5.74, 6) is 1.75. The monoisotopic (exact) mass is 285 g/mol. The maximum Gasteiger partial charge on any atom is 0.227 e. The Morgan fingerprint density at radius 2 is 2.16 bits per heavy atom. The Bertz CT molecular complexity index is 379. The van der Waals surface area contributed by atoms with E-state index in [1.54, 1.807) is 11.1 Å². The predicted molar refractivity (Wildman–Crippen MR) is 79.7 cm³/mol. The molecule has 0 unspecified atom stereocenters. The third kappa shape index (κ3) is 5.23. The quantitative estimate of drug-likeness (QED) is 0.515. The van der Waals surface area contributed by atoms with Gasteiger partial charge in [-0.15, -0.1) is 11.6 Å². The van der Waals surface area contributed by atoms with Crippen LogP contribution in [0.15, 0.2) is 12.3 Å². The summed E-state index contributed by atoms with van der Waals surface area (Å²) in [4.78, 5) is 13.7. The second-order valence-electron chi connectivity index (χ2n) is 4.72. The minimum atomic E-state index is 0.157. The summed E-state index contributed by atoms with van der Waals surface area (Å²) in [5.41, 5.74) is 0. The molecular formula is C14H24ClN3O. The summed E-state index contributed by atoms with van der Waals surface area (Å²) in [5, 5.41) is 4.29. The summed E-state index contributed by atoms with van der Waals surface area (Å²) in [7, 11) is 1.82. The van der Waals surface area contributed by atoms with Crippen LogP contribution in [0.3, 0.4) is 0 Å². The molecule has 0 saturated carbocycles. The van der Waals surface area contributed by atoms with Gasteiger partial charge in [-0.1, -0.05) is 19.8 Å². The zero-order chi connectivity index (χ0) is 14.1. The molecule has 0 aromatic carbocycles. The number of hydrogen-bond donors (Lipinski definition) is 0. The van der Waals surface area contributed by atoms with Gasteiger partial charge in [-0.05, 0) is 19.3 Å². The van der Waals surface area contributed by atoms with Crippen LogP contribution in [-0.2, 0) is 11.3 Å². The van der Waals surface area contributed by atoms with Crippen LogP contribution in [0.4, 0.5) is 5.82 Å². The van der Waals surface area contributed by atoms with E-state index in [4.69, 9.17) is 11.6 Å². The van der Waals surface area contributed by atoms with Crippen molar-refractivity contribution in [1.29, 1.82) is 0 Å². The van der Waals surface area contributed by atoms with E-state index < -0.39 is 0 Å². The average Bonchev–Trinajstić information content (AvgIpc) is 2.88. The molecule has 1 heterocycles. The van der Waals surface area contributed by atoms with Gasteiger partial charge < -0.3 is 4.90 Å². The highest BCUT2D eigenvalue weighted by Gasteiger charge is 2.14. The van der Waals surface area contributed by atoms with E-state index in [1.165, 1.54) is 0 Å². The third-order valence-corrected chi connectivity index (χ3v) is 3.43. The minimum Gasteiger partial charge on any atom is -0.300 e.